The first-order valence-electron chi connectivity index (χ1n) is 11.3. The van der Waals surface area contributed by atoms with E-state index in [9.17, 15) is 14.4 Å². The quantitative estimate of drug-likeness (QED) is 0.438. The maximum atomic E-state index is 13.0. The molecule has 1 atom stereocenters. The van der Waals surface area contributed by atoms with Crippen LogP contribution in [0.15, 0.2) is 54.7 Å². The summed E-state index contributed by atoms with van der Waals surface area (Å²) >= 11 is 0. The summed E-state index contributed by atoms with van der Waals surface area (Å²) in [4.78, 5) is 37.6. The zero-order valence-corrected chi connectivity index (χ0v) is 19.4. The molecule has 2 heterocycles. The number of piperidine rings is 1. The monoisotopic (exact) mass is 463 g/mol. The van der Waals surface area contributed by atoms with E-state index >= 15 is 0 Å². The van der Waals surface area contributed by atoms with E-state index in [1.807, 2.05) is 30.3 Å². The molecule has 8 heteroatoms. The molecule has 8 nitrogen and oxygen atoms in total. The van der Waals surface area contributed by atoms with Gasteiger partial charge in [-0.2, -0.15) is 0 Å². The Morgan fingerprint density at radius 2 is 1.91 bits per heavy atom. The summed E-state index contributed by atoms with van der Waals surface area (Å²) in [5.41, 5.74) is 3.36. The molecule has 0 aliphatic carbocycles. The molecule has 178 valence electrons. The van der Waals surface area contributed by atoms with Crippen LogP contribution >= 0.6 is 0 Å². The second kappa shape index (κ2) is 9.69. The summed E-state index contributed by atoms with van der Waals surface area (Å²) in [6.45, 7) is 9.05. The fourth-order valence-electron chi connectivity index (χ4n) is 4.16. The summed E-state index contributed by atoms with van der Waals surface area (Å²) in [6.07, 6.45) is 1.23. The van der Waals surface area contributed by atoms with Crippen molar-refractivity contribution in [3.63, 3.8) is 0 Å². The number of nitrogens with zero attached hydrogens (tertiary/aromatic N) is 1. The standard InChI is InChI=1S/C26H29N3O5/c1-17-7-12-22(24(31)28-17)29-14-21-20(25(29)32)5-4-6-23(21)33-15-19-10-8-18(9-11-19)13-27-26(2,3)34-16-30/h4-6,8-11,16,22,27H,1,7,12-15H2,2-3H3,(H,28,31). The lowest BCUT2D eigenvalue weighted by atomic mass is 10.0. The first kappa shape index (κ1) is 23.5. The van der Waals surface area contributed by atoms with Crippen LogP contribution in [0.1, 0.15) is 53.7 Å². The highest BCUT2D eigenvalue weighted by Gasteiger charge is 2.39. The van der Waals surface area contributed by atoms with Gasteiger partial charge in [-0.3, -0.25) is 19.7 Å². The van der Waals surface area contributed by atoms with Crippen molar-refractivity contribution >= 4 is 18.3 Å². The Morgan fingerprint density at radius 1 is 1.18 bits per heavy atom. The molecule has 0 saturated carbocycles. The minimum atomic E-state index is -0.741. The van der Waals surface area contributed by atoms with Crippen LogP contribution in [0.2, 0.25) is 0 Å². The van der Waals surface area contributed by atoms with E-state index < -0.39 is 11.8 Å². The van der Waals surface area contributed by atoms with Gasteiger partial charge in [0.25, 0.3) is 12.4 Å². The van der Waals surface area contributed by atoms with Gasteiger partial charge in [-0.05, 0) is 49.9 Å². The lowest BCUT2D eigenvalue weighted by Crippen LogP contribution is -2.49. The van der Waals surface area contributed by atoms with E-state index in [1.54, 1.807) is 30.9 Å². The van der Waals surface area contributed by atoms with E-state index in [4.69, 9.17) is 9.47 Å². The summed E-state index contributed by atoms with van der Waals surface area (Å²) in [5, 5.41) is 5.93. The van der Waals surface area contributed by atoms with Gasteiger partial charge in [0, 0.05) is 23.4 Å². The summed E-state index contributed by atoms with van der Waals surface area (Å²) in [5.74, 6) is 0.314. The van der Waals surface area contributed by atoms with Gasteiger partial charge in [-0.25, -0.2) is 0 Å². The smallest absolute Gasteiger partial charge is 0.294 e. The summed E-state index contributed by atoms with van der Waals surface area (Å²) < 4.78 is 11.1. The highest BCUT2D eigenvalue weighted by Crippen LogP contribution is 2.34. The Balaban J connectivity index is 1.39. The van der Waals surface area contributed by atoms with E-state index in [0.717, 1.165) is 16.7 Å². The number of hydrogen-bond donors (Lipinski definition) is 2. The largest absolute Gasteiger partial charge is 0.489 e. The number of fused-ring (bicyclic) bond motifs is 1. The van der Waals surface area contributed by atoms with E-state index in [0.29, 0.717) is 56.0 Å². The first-order valence-corrected chi connectivity index (χ1v) is 11.3. The molecule has 0 bridgehead atoms. The Hall–Kier alpha value is -3.65. The predicted molar refractivity (Wildman–Crippen MR) is 125 cm³/mol. The number of rotatable bonds is 9. The van der Waals surface area contributed by atoms with Crippen LogP contribution in [0, 0.1) is 0 Å². The maximum Gasteiger partial charge on any atom is 0.294 e. The van der Waals surface area contributed by atoms with Crippen molar-refractivity contribution < 1.29 is 23.9 Å². The summed E-state index contributed by atoms with van der Waals surface area (Å²) in [7, 11) is 0. The zero-order chi connectivity index (χ0) is 24.3. The van der Waals surface area contributed by atoms with Gasteiger partial charge in [0.05, 0.1) is 6.54 Å². The highest BCUT2D eigenvalue weighted by molar-refractivity contribution is 6.02. The second-order valence-electron chi connectivity index (χ2n) is 9.05. The van der Waals surface area contributed by atoms with Gasteiger partial charge in [0.1, 0.15) is 18.4 Å². The number of carbonyl (C=O) groups excluding carboxylic acids is 3. The molecule has 2 aromatic carbocycles. The molecule has 2 N–H and O–H groups in total. The number of ether oxygens (including phenoxy) is 2. The molecule has 2 aliphatic rings. The van der Waals surface area contributed by atoms with E-state index in [2.05, 4.69) is 17.2 Å². The number of benzene rings is 2. The van der Waals surface area contributed by atoms with E-state index in [-0.39, 0.29) is 11.8 Å². The van der Waals surface area contributed by atoms with Crippen molar-refractivity contribution in [2.45, 2.75) is 58.2 Å². The van der Waals surface area contributed by atoms with Crippen LogP contribution in [-0.4, -0.2) is 35.0 Å². The summed E-state index contributed by atoms with van der Waals surface area (Å²) in [6, 6.07) is 12.9. The Bertz CT molecular complexity index is 1110. The minimum absolute atomic E-state index is 0.147. The van der Waals surface area contributed by atoms with Crippen LogP contribution in [-0.2, 0) is 34.0 Å². The van der Waals surface area contributed by atoms with Crippen LogP contribution in [0.3, 0.4) is 0 Å². The molecule has 2 aromatic rings. The fraction of sp³-hybridized carbons (Fsp3) is 0.346. The van der Waals surface area contributed by atoms with Crippen LogP contribution in [0.5, 0.6) is 5.75 Å². The molecule has 2 aliphatic heterocycles. The third-order valence-corrected chi connectivity index (χ3v) is 6.13. The van der Waals surface area contributed by atoms with Gasteiger partial charge in [-0.1, -0.05) is 36.9 Å². The topological polar surface area (TPSA) is 97.0 Å². The van der Waals surface area contributed by atoms with Gasteiger partial charge < -0.3 is 19.7 Å². The number of nitrogens with one attached hydrogen (secondary N) is 2. The lowest BCUT2D eigenvalue weighted by molar-refractivity contribution is -0.143. The van der Waals surface area contributed by atoms with E-state index in [1.165, 1.54) is 0 Å². The second-order valence-corrected chi connectivity index (χ2v) is 9.05. The molecule has 34 heavy (non-hydrogen) atoms. The van der Waals surface area contributed by atoms with Gasteiger partial charge in [-0.15, -0.1) is 0 Å². The first-order chi connectivity index (χ1) is 16.3. The van der Waals surface area contributed by atoms with Crippen LogP contribution in [0.25, 0.3) is 0 Å². The molecule has 1 saturated heterocycles. The predicted octanol–water partition coefficient (Wildman–Crippen LogP) is 3.01. The third-order valence-electron chi connectivity index (χ3n) is 6.13. The normalized spacial score (nSPS) is 17.9. The van der Waals surface area contributed by atoms with Crippen molar-refractivity contribution in [3.05, 3.63) is 77.0 Å². The van der Waals surface area contributed by atoms with Gasteiger partial charge in [0.15, 0.2) is 5.72 Å². The zero-order valence-electron chi connectivity index (χ0n) is 19.4. The van der Waals surface area contributed by atoms with Crippen LogP contribution in [0.4, 0.5) is 0 Å². The molecule has 1 unspecified atom stereocenters. The molecule has 0 spiro atoms. The number of hydrogen-bond acceptors (Lipinski definition) is 6. The highest BCUT2D eigenvalue weighted by atomic mass is 16.5. The van der Waals surface area contributed by atoms with Crippen molar-refractivity contribution in [3.8, 4) is 5.75 Å². The molecule has 0 aromatic heterocycles. The minimum Gasteiger partial charge on any atom is -0.489 e. The lowest BCUT2D eigenvalue weighted by Gasteiger charge is -2.31. The molecule has 4 rings (SSSR count). The fourth-order valence-corrected chi connectivity index (χ4v) is 4.16. The average molecular weight is 464 g/mol. The van der Waals surface area contributed by atoms with Crippen molar-refractivity contribution in [1.82, 2.24) is 15.5 Å². The average Bonchev–Trinajstić information content (AvgIpc) is 3.14. The SMILES string of the molecule is C=C1CCC(N2Cc3c(OCc4ccc(CNC(C)(C)OC=O)cc4)cccc3C2=O)C(=O)N1. The van der Waals surface area contributed by atoms with Crippen molar-refractivity contribution in [2.75, 3.05) is 0 Å². The Kier molecular flexibility index (Phi) is 6.70. The maximum absolute atomic E-state index is 13.0. The number of carbonyl (C=O) groups is 3. The molecule has 0 radical (unpaired) electrons. The Labute approximate surface area is 198 Å². The Morgan fingerprint density at radius 3 is 2.62 bits per heavy atom. The molecule has 2 amide bonds. The van der Waals surface area contributed by atoms with Gasteiger partial charge in [0.2, 0.25) is 5.91 Å². The van der Waals surface area contributed by atoms with Crippen molar-refractivity contribution in [1.29, 1.82) is 0 Å². The van der Waals surface area contributed by atoms with Gasteiger partial charge >= 0.3 is 0 Å². The van der Waals surface area contributed by atoms with Crippen LogP contribution < -0.4 is 15.4 Å². The van der Waals surface area contributed by atoms with Crippen molar-refractivity contribution in [2.24, 2.45) is 0 Å². The molecular formula is C26H29N3O5. The molecular weight excluding hydrogens is 434 g/mol. The third kappa shape index (κ3) is 5.12. The number of allylic oxidation sites excluding steroid dienone is 1. The molecule has 1 fully saturated rings. The number of amides is 2.